The van der Waals surface area contributed by atoms with Crippen molar-refractivity contribution in [3.05, 3.63) is 24.3 Å². The summed E-state index contributed by atoms with van der Waals surface area (Å²) in [5.41, 5.74) is 1.43. The smallest absolute Gasteiger partial charge is 0.306 e. The van der Waals surface area contributed by atoms with Crippen LogP contribution in [0.4, 0.5) is 11.4 Å². The van der Waals surface area contributed by atoms with Gasteiger partial charge in [0.1, 0.15) is 0 Å². The number of hydrogen-bond acceptors (Lipinski definition) is 5. The molecule has 1 aliphatic heterocycles. The number of carbonyl (C=O) groups excluding carboxylic acids is 3. The number of rotatable bonds is 6. The molecular formula is C16H21N3O4. The molecule has 0 bridgehead atoms. The van der Waals surface area contributed by atoms with Crippen LogP contribution in [0.15, 0.2) is 24.3 Å². The molecule has 0 unspecified atom stereocenters. The van der Waals surface area contributed by atoms with Crippen molar-refractivity contribution in [2.24, 2.45) is 0 Å². The fourth-order valence-electron chi connectivity index (χ4n) is 2.36. The minimum Gasteiger partial charge on any atom is -0.466 e. The number of esters is 1. The SMILES string of the molecule is CCOC(=O)CCC(=O)Nc1ccccc1N1CCNC(=O)C1. The largest absolute Gasteiger partial charge is 0.466 e. The third kappa shape index (κ3) is 4.98. The molecule has 1 aromatic carbocycles. The van der Waals surface area contributed by atoms with Gasteiger partial charge in [-0.2, -0.15) is 0 Å². The van der Waals surface area contributed by atoms with Gasteiger partial charge in [-0.05, 0) is 19.1 Å². The van der Waals surface area contributed by atoms with E-state index >= 15 is 0 Å². The lowest BCUT2D eigenvalue weighted by molar-refractivity contribution is -0.144. The standard InChI is InChI=1S/C16H21N3O4/c1-2-23-16(22)8-7-14(20)18-12-5-3-4-6-13(12)19-10-9-17-15(21)11-19/h3-6H,2,7-11H2,1H3,(H,17,21)(H,18,20). The normalized spacial score (nSPS) is 14.1. The molecule has 0 atom stereocenters. The second-order valence-electron chi connectivity index (χ2n) is 5.14. The van der Waals surface area contributed by atoms with Crippen LogP contribution in [0.25, 0.3) is 0 Å². The fraction of sp³-hybridized carbons (Fsp3) is 0.438. The summed E-state index contributed by atoms with van der Waals surface area (Å²) >= 11 is 0. The Morgan fingerprint density at radius 1 is 1.30 bits per heavy atom. The number of ether oxygens (including phenoxy) is 1. The van der Waals surface area contributed by atoms with E-state index in [1.54, 1.807) is 13.0 Å². The van der Waals surface area contributed by atoms with Gasteiger partial charge in [0, 0.05) is 19.5 Å². The number of hydrogen-bond donors (Lipinski definition) is 2. The van der Waals surface area contributed by atoms with Gasteiger partial charge in [0.05, 0.1) is 30.9 Å². The van der Waals surface area contributed by atoms with Gasteiger partial charge in [0.25, 0.3) is 0 Å². The quantitative estimate of drug-likeness (QED) is 0.761. The van der Waals surface area contributed by atoms with E-state index in [1.165, 1.54) is 0 Å². The zero-order valence-corrected chi connectivity index (χ0v) is 13.1. The minimum absolute atomic E-state index is 0.0420. The molecule has 1 saturated heterocycles. The van der Waals surface area contributed by atoms with Gasteiger partial charge in [-0.3, -0.25) is 14.4 Å². The molecule has 2 N–H and O–H groups in total. The molecule has 1 fully saturated rings. The number of nitrogens with zero attached hydrogens (tertiary/aromatic N) is 1. The summed E-state index contributed by atoms with van der Waals surface area (Å²) in [4.78, 5) is 36.7. The predicted octanol–water partition coefficient (Wildman–Crippen LogP) is 0.905. The number of amides is 2. The summed E-state index contributed by atoms with van der Waals surface area (Å²) in [6.07, 6.45) is 0.113. The zero-order valence-electron chi connectivity index (χ0n) is 13.1. The first-order chi connectivity index (χ1) is 11.1. The summed E-state index contributed by atoms with van der Waals surface area (Å²) in [7, 11) is 0. The van der Waals surface area contributed by atoms with E-state index in [1.807, 2.05) is 23.1 Å². The summed E-state index contributed by atoms with van der Waals surface area (Å²) in [5.74, 6) is -0.685. The van der Waals surface area contributed by atoms with Crippen LogP contribution in [0, 0.1) is 0 Å². The molecule has 124 valence electrons. The van der Waals surface area contributed by atoms with Gasteiger partial charge in [-0.15, -0.1) is 0 Å². The molecule has 7 heteroatoms. The molecule has 1 aliphatic rings. The Morgan fingerprint density at radius 2 is 2.09 bits per heavy atom. The van der Waals surface area contributed by atoms with Crippen molar-refractivity contribution in [3.63, 3.8) is 0 Å². The number of nitrogens with one attached hydrogen (secondary N) is 2. The van der Waals surface area contributed by atoms with Crippen molar-refractivity contribution in [2.45, 2.75) is 19.8 Å². The van der Waals surface area contributed by atoms with E-state index in [9.17, 15) is 14.4 Å². The molecule has 1 aromatic rings. The third-order valence-corrected chi connectivity index (χ3v) is 3.42. The second kappa shape index (κ2) is 8.17. The van der Waals surface area contributed by atoms with E-state index in [-0.39, 0.29) is 37.2 Å². The van der Waals surface area contributed by atoms with Crippen LogP contribution in [0.1, 0.15) is 19.8 Å². The Bertz CT molecular complexity index is 588. The molecular weight excluding hydrogens is 298 g/mol. The van der Waals surface area contributed by atoms with Crippen molar-refractivity contribution in [1.29, 1.82) is 0 Å². The lowest BCUT2D eigenvalue weighted by atomic mass is 10.2. The van der Waals surface area contributed by atoms with Crippen molar-refractivity contribution < 1.29 is 19.1 Å². The van der Waals surface area contributed by atoms with Gasteiger partial charge in [-0.25, -0.2) is 0 Å². The Morgan fingerprint density at radius 3 is 2.83 bits per heavy atom. The van der Waals surface area contributed by atoms with E-state index in [2.05, 4.69) is 10.6 Å². The maximum absolute atomic E-state index is 12.0. The van der Waals surface area contributed by atoms with Gasteiger partial charge < -0.3 is 20.3 Å². The number of para-hydroxylation sites is 2. The molecule has 1 heterocycles. The third-order valence-electron chi connectivity index (χ3n) is 3.42. The van der Waals surface area contributed by atoms with E-state index < -0.39 is 0 Å². The number of anilines is 2. The molecule has 0 radical (unpaired) electrons. The van der Waals surface area contributed by atoms with Crippen molar-refractivity contribution in [1.82, 2.24) is 5.32 Å². The van der Waals surface area contributed by atoms with Crippen LogP contribution in [0.3, 0.4) is 0 Å². The summed E-state index contributed by atoms with van der Waals surface area (Å²) in [6.45, 7) is 3.55. The topological polar surface area (TPSA) is 87.7 Å². The van der Waals surface area contributed by atoms with Gasteiger partial charge >= 0.3 is 5.97 Å². The first kappa shape index (κ1) is 16.8. The Kier molecular flexibility index (Phi) is 5.96. The van der Waals surface area contributed by atoms with Crippen LogP contribution >= 0.6 is 0 Å². The lowest BCUT2D eigenvalue weighted by Gasteiger charge is -2.30. The summed E-state index contributed by atoms with van der Waals surface area (Å²) in [6, 6.07) is 7.31. The van der Waals surface area contributed by atoms with Crippen molar-refractivity contribution in [2.75, 3.05) is 36.5 Å². The minimum atomic E-state index is -0.386. The molecule has 23 heavy (non-hydrogen) atoms. The monoisotopic (exact) mass is 319 g/mol. The molecule has 7 nitrogen and oxygen atoms in total. The van der Waals surface area contributed by atoms with E-state index in [0.29, 0.717) is 25.4 Å². The van der Waals surface area contributed by atoms with Crippen LogP contribution in [-0.4, -0.2) is 44.0 Å². The highest BCUT2D eigenvalue weighted by molar-refractivity contribution is 5.96. The van der Waals surface area contributed by atoms with Crippen LogP contribution in [-0.2, 0) is 19.1 Å². The average Bonchev–Trinajstić information content (AvgIpc) is 2.54. The van der Waals surface area contributed by atoms with Crippen LogP contribution in [0.2, 0.25) is 0 Å². The van der Waals surface area contributed by atoms with E-state index in [4.69, 9.17) is 4.74 Å². The molecule has 2 amide bonds. The predicted molar refractivity (Wildman–Crippen MR) is 86.2 cm³/mol. The highest BCUT2D eigenvalue weighted by Crippen LogP contribution is 2.26. The van der Waals surface area contributed by atoms with Gasteiger partial charge in [0.15, 0.2) is 0 Å². The summed E-state index contributed by atoms with van der Waals surface area (Å²) < 4.78 is 4.80. The van der Waals surface area contributed by atoms with Crippen molar-refractivity contribution >= 4 is 29.2 Å². The highest BCUT2D eigenvalue weighted by Gasteiger charge is 2.19. The molecule has 0 spiro atoms. The van der Waals surface area contributed by atoms with Gasteiger partial charge in [0.2, 0.25) is 11.8 Å². The first-order valence-corrected chi connectivity index (χ1v) is 7.66. The zero-order chi connectivity index (χ0) is 16.7. The van der Waals surface area contributed by atoms with Crippen LogP contribution in [0.5, 0.6) is 0 Å². The number of piperazine rings is 1. The molecule has 2 rings (SSSR count). The number of benzene rings is 1. The lowest BCUT2D eigenvalue weighted by Crippen LogP contribution is -2.47. The van der Waals surface area contributed by atoms with E-state index in [0.717, 1.165) is 5.69 Å². The maximum Gasteiger partial charge on any atom is 0.306 e. The Balaban J connectivity index is 1.98. The Labute approximate surface area is 135 Å². The molecule has 0 saturated carbocycles. The first-order valence-electron chi connectivity index (χ1n) is 7.66. The maximum atomic E-state index is 12.0. The highest BCUT2D eigenvalue weighted by atomic mass is 16.5. The van der Waals surface area contributed by atoms with Crippen molar-refractivity contribution in [3.8, 4) is 0 Å². The molecule has 0 aliphatic carbocycles. The van der Waals surface area contributed by atoms with Crippen LogP contribution < -0.4 is 15.5 Å². The summed E-state index contributed by atoms with van der Waals surface area (Å²) in [5, 5.41) is 5.57. The fourth-order valence-corrected chi connectivity index (χ4v) is 2.36. The molecule has 0 aromatic heterocycles. The Hall–Kier alpha value is -2.57. The number of carbonyl (C=O) groups is 3. The second-order valence-corrected chi connectivity index (χ2v) is 5.14. The van der Waals surface area contributed by atoms with Gasteiger partial charge in [-0.1, -0.05) is 12.1 Å². The average molecular weight is 319 g/mol.